The molecule has 0 aliphatic heterocycles. The molecule has 25 heavy (non-hydrogen) atoms. The van der Waals surface area contributed by atoms with Gasteiger partial charge in [-0.3, -0.25) is 4.79 Å². The van der Waals surface area contributed by atoms with Gasteiger partial charge in [-0.2, -0.15) is 0 Å². The zero-order valence-electron chi connectivity index (χ0n) is 12.6. The van der Waals surface area contributed by atoms with Crippen LogP contribution < -0.4 is 5.32 Å². The van der Waals surface area contributed by atoms with Crippen molar-refractivity contribution in [3.8, 4) is 11.3 Å². The van der Waals surface area contributed by atoms with E-state index in [0.29, 0.717) is 32.3 Å². The number of carbonyl (C=O) groups is 1. The highest BCUT2D eigenvalue weighted by Gasteiger charge is 2.12. The number of aromatic nitrogens is 1. The molecule has 0 bridgehead atoms. The highest BCUT2D eigenvalue weighted by atomic mass is 35.5. The van der Waals surface area contributed by atoms with Gasteiger partial charge in [0.05, 0.1) is 27.7 Å². The third-order valence-electron chi connectivity index (χ3n) is 3.17. The van der Waals surface area contributed by atoms with Crippen molar-refractivity contribution in [1.82, 2.24) is 4.98 Å². The monoisotopic (exact) mass is 396 g/mol. The van der Waals surface area contributed by atoms with Gasteiger partial charge < -0.3 is 9.73 Å². The Balaban J connectivity index is 1.60. The van der Waals surface area contributed by atoms with Gasteiger partial charge in [0.2, 0.25) is 5.91 Å². The molecule has 1 heterocycles. The minimum Gasteiger partial charge on any atom is -0.431 e. The molecule has 1 aromatic heterocycles. The molecule has 0 saturated heterocycles. The molecule has 0 radical (unpaired) electrons. The number of hydrogen-bond acceptors (Lipinski definition) is 4. The molecule has 2 aromatic carbocycles. The summed E-state index contributed by atoms with van der Waals surface area (Å²) >= 11 is 13.1. The van der Waals surface area contributed by atoms with Crippen molar-refractivity contribution in [2.45, 2.75) is 5.22 Å². The van der Waals surface area contributed by atoms with Crippen LogP contribution in [0.3, 0.4) is 0 Å². The van der Waals surface area contributed by atoms with E-state index in [0.717, 1.165) is 11.8 Å². The molecule has 0 aliphatic rings. The Labute approximate surface area is 157 Å². The van der Waals surface area contributed by atoms with Gasteiger partial charge in [-0.15, -0.1) is 0 Å². The lowest BCUT2D eigenvalue weighted by Gasteiger charge is -2.08. The average molecular weight is 397 g/mol. The normalized spacial score (nSPS) is 10.7. The summed E-state index contributed by atoms with van der Waals surface area (Å²) in [5, 5.41) is 3.72. The lowest BCUT2D eigenvalue weighted by Crippen LogP contribution is -2.14. The number of nitrogens with zero attached hydrogens (tertiary/aromatic N) is 1. The second-order valence-electron chi connectivity index (χ2n) is 4.93. The van der Waals surface area contributed by atoms with Crippen molar-refractivity contribution in [3.63, 3.8) is 0 Å². The Morgan fingerprint density at radius 1 is 1.16 bits per heavy atom. The maximum Gasteiger partial charge on any atom is 0.256 e. The quantitative estimate of drug-likeness (QED) is 0.576. The minimum atomic E-state index is -0.326. The van der Waals surface area contributed by atoms with Gasteiger partial charge in [0.15, 0.2) is 5.76 Å². The van der Waals surface area contributed by atoms with Crippen LogP contribution in [-0.2, 0) is 4.79 Å². The fourth-order valence-corrected chi connectivity index (χ4v) is 3.09. The molecule has 3 aromatic rings. The maximum absolute atomic E-state index is 12.9. The Kier molecular flexibility index (Phi) is 5.63. The standard InChI is InChI=1S/C17H11Cl2FN2O2S/c18-12-2-1-3-13(19)16(12)22-15(23)9-25-17-21-8-14(24-17)10-4-6-11(20)7-5-10/h1-8H,9H2,(H,22,23). The highest BCUT2D eigenvalue weighted by molar-refractivity contribution is 7.99. The lowest BCUT2D eigenvalue weighted by atomic mass is 10.2. The molecule has 1 N–H and O–H groups in total. The van der Waals surface area contributed by atoms with E-state index in [1.54, 1.807) is 30.3 Å². The number of halogens is 3. The largest absolute Gasteiger partial charge is 0.431 e. The number of thioether (sulfide) groups is 1. The topological polar surface area (TPSA) is 55.1 Å². The summed E-state index contributed by atoms with van der Waals surface area (Å²) in [6, 6.07) is 10.8. The number of amides is 1. The van der Waals surface area contributed by atoms with Gasteiger partial charge in [0.25, 0.3) is 5.22 Å². The molecule has 3 rings (SSSR count). The summed E-state index contributed by atoms with van der Waals surface area (Å²) in [5.41, 5.74) is 1.07. The minimum absolute atomic E-state index is 0.0743. The molecule has 0 unspecified atom stereocenters. The van der Waals surface area contributed by atoms with Crippen LogP contribution in [0.4, 0.5) is 10.1 Å². The SMILES string of the molecule is O=C(CSc1ncc(-c2ccc(F)cc2)o1)Nc1c(Cl)cccc1Cl. The van der Waals surface area contributed by atoms with E-state index in [4.69, 9.17) is 27.6 Å². The highest BCUT2D eigenvalue weighted by Crippen LogP contribution is 2.30. The molecule has 1 amide bonds. The predicted octanol–water partition coefficient (Wildman–Crippen LogP) is 5.52. The molecular formula is C17H11Cl2FN2O2S. The number of oxazole rings is 1. The summed E-state index contributed by atoms with van der Waals surface area (Å²) in [7, 11) is 0. The van der Waals surface area contributed by atoms with Gasteiger partial charge in [-0.1, -0.05) is 41.0 Å². The van der Waals surface area contributed by atoms with Gasteiger partial charge in [-0.25, -0.2) is 9.37 Å². The van der Waals surface area contributed by atoms with Crippen LogP contribution in [0.25, 0.3) is 11.3 Å². The van der Waals surface area contributed by atoms with Crippen molar-refractivity contribution in [2.24, 2.45) is 0 Å². The first kappa shape index (κ1) is 17.8. The summed E-state index contributed by atoms with van der Waals surface area (Å²) in [5.74, 6) is -0.0448. The molecule has 0 spiro atoms. The van der Waals surface area contributed by atoms with Crippen molar-refractivity contribution in [1.29, 1.82) is 0 Å². The van der Waals surface area contributed by atoms with E-state index in [1.165, 1.54) is 18.3 Å². The first-order valence-electron chi connectivity index (χ1n) is 7.11. The first-order valence-corrected chi connectivity index (χ1v) is 8.85. The molecular weight excluding hydrogens is 386 g/mol. The number of carbonyl (C=O) groups excluding carboxylic acids is 1. The molecule has 0 fully saturated rings. The zero-order valence-corrected chi connectivity index (χ0v) is 15.0. The van der Waals surface area contributed by atoms with E-state index in [2.05, 4.69) is 10.3 Å². The van der Waals surface area contributed by atoms with Crippen LogP contribution in [0.1, 0.15) is 0 Å². The van der Waals surface area contributed by atoms with E-state index < -0.39 is 0 Å². The van der Waals surface area contributed by atoms with Crippen molar-refractivity contribution >= 4 is 46.6 Å². The molecule has 128 valence electrons. The van der Waals surface area contributed by atoms with Crippen LogP contribution in [0.15, 0.2) is 58.3 Å². The van der Waals surface area contributed by atoms with E-state index in [1.807, 2.05) is 0 Å². The van der Waals surface area contributed by atoms with Crippen LogP contribution in [-0.4, -0.2) is 16.6 Å². The number of anilines is 1. The smallest absolute Gasteiger partial charge is 0.256 e. The third-order valence-corrected chi connectivity index (χ3v) is 4.64. The summed E-state index contributed by atoms with van der Waals surface area (Å²) in [6.45, 7) is 0. The molecule has 0 aliphatic carbocycles. The second-order valence-corrected chi connectivity index (χ2v) is 6.67. The number of hydrogen-bond donors (Lipinski definition) is 1. The fraction of sp³-hybridized carbons (Fsp3) is 0.0588. The van der Waals surface area contributed by atoms with Gasteiger partial charge in [-0.05, 0) is 36.4 Å². The van der Waals surface area contributed by atoms with Crippen LogP contribution in [0.2, 0.25) is 10.0 Å². The van der Waals surface area contributed by atoms with E-state index in [-0.39, 0.29) is 17.5 Å². The number of rotatable bonds is 5. The van der Waals surface area contributed by atoms with Crippen LogP contribution in [0.5, 0.6) is 0 Å². The van der Waals surface area contributed by atoms with Crippen LogP contribution in [0, 0.1) is 5.82 Å². The predicted molar refractivity (Wildman–Crippen MR) is 97.7 cm³/mol. The molecule has 0 atom stereocenters. The molecule has 8 heteroatoms. The van der Waals surface area contributed by atoms with E-state index >= 15 is 0 Å². The average Bonchev–Trinajstić information content (AvgIpc) is 3.06. The Bertz CT molecular complexity index is 880. The number of para-hydroxylation sites is 1. The Morgan fingerprint density at radius 3 is 2.52 bits per heavy atom. The Morgan fingerprint density at radius 2 is 1.84 bits per heavy atom. The maximum atomic E-state index is 12.9. The third kappa shape index (κ3) is 4.54. The second kappa shape index (κ2) is 7.91. The Hall–Kier alpha value is -2.02. The first-order chi connectivity index (χ1) is 12.0. The zero-order chi connectivity index (χ0) is 17.8. The summed E-state index contributed by atoms with van der Waals surface area (Å²) in [6.07, 6.45) is 1.53. The van der Waals surface area contributed by atoms with Crippen LogP contribution >= 0.6 is 35.0 Å². The van der Waals surface area contributed by atoms with Crippen molar-refractivity contribution in [2.75, 3.05) is 11.1 Å². The van der Waals surface area contributed by atoms with Gasteiger partial charge in [0.1, 0.15) is 5.82 Å². The number of nitrogens with one attached hydrogen (secondary N) is 1. The lowest BCUT2D eigenvalue weighted by molar-refractivity contribution is -0.113. The summed E-state index contributed by atoms with van der Waals surface area (Å²) in [4.78, 5) is 16.1. The van der Waals surface area contributed by atoms with Gasteiger partial charge in [0, 0.05) is 5.56 Å². The van der Waals surface area contributed by atoms with Gasteiger partial charge >= 0.3 is 0 Å². The fourth-order valence-electron chi connectivity index (χ4n) is 1.99. The molecule has 4 nitrogen and oxygen atoms in total. The molecule has 0 saturated carbocycles. The van der Waals surface area contributed by atoms with Crippen molar-refractivity contribution in [3.05, 3.63) is 64.5 Å². The number of benzene rings is 2. The van der Waals surface area contributed by atoms with E-state index in [9.17, 15) is 9.18 Å². The van der Waals surface area contributed by atoms with Crippen molar-refractivity contribution < 1.29 is 13.6 Å². The summed E-state index contributed by atoms with van der Waals surface area (Å²) < 4.78 is 18.5.